The van der Waals surface area contributed by atoms with Crippen molar-refractivity contribution in [1.82, 2.24) is 10.6 Å². The maximum atomic E-state index is 10.9. The summed E-state index contributed by atoms with van der Waals surface area (Å²) < 4.78 is 0. The van der Waals surface area contributed by atoms with Gasteiger partial charge in [0.1, 0.15) is 0 Å². The number of hydrogen-bond acceptors (Lipinski definition) is 4. The summed E-state index contributed by atoms with van der Waals surface area (Å²) >= 11 is 0. The summed E-state index contributed by atoms with van der Waals surface area (Å²) in [6, 6.07) is 7.23. The molecule has 0 aliphatic carbocycles. The molecule has 1 aliphatic rings. The molecule has 0 saturated heterocycles. The van der Waals surface area contributed by atoms with E-state index in [-0.39, 0.29) is 24.0 Å². The fourth-order valence-corrected chi connectivity index (χ4v) is 1.62. The molecule has 0 radical (unpaired) electrons. The Labute approximate surface area is 123 Å². The number of primary amides is 1. The highest BCUT2D eigenvalue weighted by atomic mass is 127. The molecule has 18 heavy (non-hydrogen) atoms. The predicted octanol–water partition coefficient (Wildman–Crippen LogP) is 0.842. The number of benzene rings is 1. The molecule has 1 aromatic rings. The number of halogens is 1. The Morgan fingerprint density at radius 2 is 2.11 bits per heavy atom. The second-order valence-electron chi connectivity index (χ2n) is 3.93. The third kappa shape index (κ3) is 4.17. The second-order valence-corrected chi connectivity index (χ2v) is 3.93. The van der Waals surface area contributed by atoms with Crippen molar-refractivity contribution in [1.29, 1.82) is 0 Å². The molecule has 98 valence electrons. The molecule has 0 aromatic heterocycles. The van der Waals surface area contributed by atoms with Crippen LogP contribution in [0.2, 0.25) is 0 Å². The lowest BCUT2D eigenvalue weighted by Crippen LogP contribution is -2.40. The minimum absolute atomic E-state index is 0. The van der Waals surface area contributed by atoms with Crippen molar-refractivity contribution in [2.75, 3.05) is 13.1 Å². The van der Waals surface area contributed by atoms with Crippen LogP contribution in [0.4, 0.5) is 0 Å². The first-order valence-electron chi connectivity index (χ1n) is 5.66. The number of guanidine groups is 1. The van der Waals surface area contributed by atoms with Gasteiger partial charge in [-0.3, -0.25) is 9.79 Å². The molecule has 0 atom stereocenters. The summed E-state index contributed by atoms with van der Waals surface area (Å²) in [5.41, 5.74) is 6.79. The van der Waals surface area contributed by atoms with E-state index in [1.165, 1.54) is 0 Å². The summed E-state index contributed by atoms with van der Waals surface area (Å²) in [4.78, 5) is 15.2. The summed E-state index contributed by atoms with van der Waals surface area (Å²) in [5.74, 6) is 0.443. The number of nitrogens with one attached hydrogen (secondary N) is 2. The van der Waals surface area contributed by atoms with Gasteiger partial charge in [0.25, 0.3) is 0 Å². The zero-order valence-corrected chi connectivity index (χ0v) is 12.3. The van der Waals surface area contributed by atoms with Gasteiger partial charge in [-0.1, -0.05) is 12.1 Å². The van der Waals surface area contributed by atoms with Crippen molar-refractivity contribution >= 4 is 35.8 Å². The Balaban J connectivity index is 0.00000162. The zero-order chi connectivity index (χ0) is 12.1. The molecule has 1 aliphatic heterocycles. The number of aliphatic imine (C=N–C) groups is 1. The molecule has 4 N–H and O–H groups in total. The van der Waals surface area contributed by atoms with E-state index in [4.69, 9.17) is 5.73 Å². The van der Waals surface area contributed by atoms with Crippen LogP contribution >= 0.6 is 24.0 Å². The minimum Gasteiger partial charge on any atom is -0.366 e. The molecular formula is C12H17IN4O. The molecule has 0 spiro atoms. The van der Waals surface area contributed by atoms with Crippen molar-refractivity contribution in [2.45, 2.75) is 13.0 Å². The van der Waals surface area contributed by atoms with E-state index in [1.807, 2.05) is 12.1 Å². The summed E-state index contributed by atoms with van der Waals surface area (Å²) in [6.45, 7) is 2.52. The fraction of sp³-hybridized carbons (Fsp3) is 0.333. The Kier molecular flexibility index (Phi) is 5.90. The summed E-state index contributed by atoms with van der Waals surface area (Å²) in [6.07, 6.45) is 1.08. The van der Waals surface area contributed by atoms with Crippen molar-refractivity contribution < 1.29 is 4.79 Å². The van der Waals surface area contributed by atoms with Crippen LogP contribution in [-0.2, 0) is 6.54 Å². The molecule has 0 unspecified atom stereocenters. The SMILES string of the molecule is I.NC(=O)c1ccc(CNC2=NCCCN2)cc1. The Hall–Kier alpha value is -1.31. The van der Waals surface area contributed by atoms with E-state index in [1.54, 1.807) is 12.1 Å². The third-order valence-electron chi connectivity index (χ3n) is 2.60. The molecule has 2 rings (SSSR count). The molecule has 1 amide bonds. The molecule has 0 bridgehead atoms. The maximum absolute atomic E-state index is 10.9. The first-order chi connectivity index (χ1) is 8.25. The third-order valence-corrected chi connectivity index (χ3v) is 2.60. The molecule has 0 saturated carbocycles. The van der Waals surface area contributed by atoms with Gasteiger partial charge in [0.15, 0.2) is 5.96 Å². The summed E-state index contributed by atoms with van der Waals surface area (Å²) in [5, 5.41) is 6.39. The zero-order valence-electron chi connectivity index (χ0n) is 9.98. The van der Waals surface area contributed by atoms with Gasteiger partial charge in [0.2, 0.25) is 5.91 Å². The molecule has 5 nitrogen and oxygen atoms in total. The Morgan fingerprint density at radius 3 is 2.67 bits per heavy atom. The molecule has 1 aromatic carbocycles. The molecular weight excluding hydrogens is 343 g/mol. The van der Waals surface area contributed by atoms with Gasteiger partial charge in [-0.25, -0.2) is 0 Å². The van der Waals surface area contributed by atoms with E-state index < -0.39 is 5.91 Å². The van der Waals surface area contributed by atoms with Gasteiger partial charge in [0.05, 0.1) is 0 Å². The van der Waals surface area contributed by atoms with E-state index in [0.29, 0.717) is 12.1 Å². The van der Waals surface area contributed by atoms with E-state index in [2.05, 4.69) is 15.6 Å². The maximum Gasteiger partial charge on any atom is 0.248 e. The van der Waals surface area contributed by atoms with Crippen LogP contribution < -0.4 is 16.4 Å². The van der Waals surface area contributed by atoms with Crippen molar-refractivity contribution in [3.05, 3.63) is 35.4 Å². The first-order valence-corrected chi connectivity index (χ1v) is 5.66. The number of rotatable bonds is 3. The number of hydrogen-bond donors (Lipinski definition) is 3. The van der Waals surface area contributed by atoms with Crippen molar-refractivity contribution in [3.8, 4) is 0 Å². The number of nitrogens with zero attached hydrogens (tertiary/aromatic N) is 1. The van der Waals surface area contributed by atoms with Gasteiger partial charge in [-0.15, -0.1) is 24.0 Å². The van der Waals surface area contributed by atoms with Gasteiger partial charge in [-0.05, 0) is 24.1 Å². The smallest absolute Gasteiger partial charge is 0.248 e. The fourth-order valence-electron chi connectivity index (χ4n) is 1.62. The van der Waals surface area contributed by atoms with Crippen LogP contribution in [0.5, 0.6) is 0 Å². The normalized spacial score (nSPS) is 13.9. The Bertz CT molecular complexity index is 430. The Morgan fingerprint density at radius 1 is 1.39 bits per heavy atom. The van der Waals surface area contributed by atoms with Crippen LogP contribution in [0.25, 0.3) is 0 Å². The van der Waals surface area contributed by atoms with Crippen LogP contribution in [0.3, 0.4) is 0 Å². The standard InChI is InChI=1S/C12H16N4O.HI/c13-11(17)10-4-2-9(3-5-10)8-16-12-14-6-1-7-15-12;/h2-5H,1,6-8H2,(H2,13,17)(H2,14,15,16);1H. The van der Waals surface area contributed by atoms with Crippen LogP contribution in [-0.4, -0.2) is 25.0 Å². The average molecular weight is 360 g/mol. The topological polar surface area (TPSA) is 79.5 Å². The number of nitrogens with two attached hydrogens (primary N) is 1. The lowest BCUT2D eigenvalue weighted by molar-refractivity contribution is 0.100. The van der Waals surface area contributed by atoms with Crippen LogP contribution in [0.15, 0.2) is 29.3 Å². The molecule has 6 heteroatoms. The van der Waals surface area contributed by atoms with Gasteiger partial charge < -0.3 is 16.4 Å². The highest BCUT2D eigenvalue weighted by Crippen LogP contribution is 2.03. The van der Waals surface area contributed by atoms with Crippen LogP contribution in [0, 0.1) is 0 Å². The number of carbonyl (C=O) groups excluding carboxylic acids is 1. The van der Waals surface area contributed by atoms with E-state index in [0.717, 1.165) is 31.0 Å². The first kappa shape index (κ1) is 14.7. The summed E-state index contributed by atoms with van der Waals surface area (Å²) in [7, 11) is 0. The largest absolute Gasteiger partial charge is 0.366 e. The van der Waals surface area contributed by atoms with Gasteiger partial charge in [-0.2, -0.15) is 0 Å². The minimum atomic E-state index is -0.400. The lowest BCUT2D eigenvalue weighted by atomic mass is 10.1. The predicted molar refractivity (Wildman–Crippen MR) is 82.1 cm³/mol. The number of amides is 1. The van der Waals surface area contributed by atoms with Crippen LogP contribution in [0.1, 0.15) is 22.3 Å². The van der Waals surface area contributed by atoms with Gasteiger partial charge in [0, 0.05) is 25.2 Å². The quantitative estimate of drug-likeness (QED) is 0.699. The van der Waals surface area contributed by atoms with E-state index >= 15 is 0 Å². The lowest BCUT2D eigenvalue weighted by Gasteiger charge is -2.15. The van der Waals surface area contributed by atoms with Crippen molar-refractivity contribution in [2.24, 2.45) is 10.7 Å². The van der Waals surface area contributed by atoms with Crippen molar-refractivity contribution in [3.63, 3.8) is 0 Å². The van der Waals surface area contributed by atoms with E-state index in [9.17, 15) is 4.79 Å². The van der Waals surface area contributed by atoms with Gasteiger partial charge >= 0.3 is 0 Å². The highest BCUT2D eigenvalue weighted by molar-refractivity contribution is 14.0. The average Bonchev–Trinajstić information content (AvgIpc) is 2.38. The number of carbonyl (C=O) groups is 1. The second kappa shape index (κ2) is 7.20. The molecule has 0 fully saturated rings. The monoisotopic (exact) mass is 360 g/mol. The molecule has 1 heterocycles. The highest BCUT2D eigenvalue weighted by Gasteiger charge is 2.03.